The van der Waals surface area contributed by atoms with Crippen LogP contribution in [0.25, 0.3) is 0 Å². The Bertz CT molecular complexity index is 653. The molecule has 0 fully saturated rings. The molecule has 11 heteroatoms. The lowest BCUT2D eigenvalue weighted by Gasteiger charge is -2.33. The Morgan fingerprint density at radius 1 is 1.19 bits per heavy atom. The molecule has 0 aliphatic rings. The third-order valence-electron chi connectivity index (χ3n) is 3.39. The van der Waals surface area contributed by atoms with Crippen molar-refractivity contribution in [2.45, 2.75) is 37.3 Å². The molecular formula is C15H14BrF6N3O. The van der Waals surface area contributed by atoms with Crippen LogP contribution in [0.1, 0.15) is 24.4 Å². The van der Waals surface area contributed by atoms with E-state index in [2.05, 4.69) is 15.9 Å². The number of nitrogens with two attached hydrogens (primary N) is 1. The number of amides is 1. The zero-order valence-corrected chi connectivity index (χ0v) is 14.7. The summed E-state index contributed by atoms with van der Waals surface area (Å²) in [7, 11) is 0. The van der Waals surface area contributed by atoms with Gasteiger partial charge >= 0.3 is 12.4 Å². The number of carbonyl (C=O) groups excluding carboxylic acids is 1. The van der Waals surface area contributed by atoms with Crippen molar-refractivity contribution < 1.29 is 31.1 Å². The van der Waals surface area contributed by atoms with Crippen LogP contribution < -0.4 is 5.73 Å². The highest BCUT2D eigenvalue weighted by molar-refractivity contribution is 9.10. The van der Waals surface area contributed by atoms with Crippen LogP contribution in [-0.2, 0) is 4.79 Å². The zero-order valence-electron chi connectivity index (χ0n) is 13.1. The minimum Gasteiger partial charge on any atom is -0.320 e. The lowest BCUT2D eigenvalue weighted by Crippen LogP contribution is -2.49. The van der Waals surface area contributed by atoms with Gasteiger partial charge in [0.2, 0.25) is 5.91 Å². The average Bonchev–Trinajstić information content (AvgIpc) is 2.51. The Labute approximate surface area is 153 Å². The van der Waals surface area contributed by atoms with Gasteiger partial charge in [0.15, 0.2) is 6.04 Å². The molecule has 2 atom stereocenters. The first-order valence-corrected chi connectivity index (χ1v) is 7.98. The molecule has 0 saturated heterocycles. The van der Waals surface area contributed by atoms with Gasteiger partial charge in [-0.15, -0.1) is 0 Å². The molecule has 1 amide bonds. The Hall–Kier alpha value is -1.80. The summed E-state index contributed by atoms with van der Waals surface area (Å²) in [6.07, 6.45) is -11.9. The highest BCUT2D eigenvalue weighted by atomic mass is 79.9. The van der Waals surface area contributed by atoms with E-state index in [9.17, 15) is 31.1 Å². The molecule has 0 aliphatic carbocycles. The summed E-state index contributed by atoms with van der Waals surface area (Å²) < 4.78 is 77.9. The monoisotopic (exact) mass is 445 g/mol. The summed E-state index contributed by atoms with van der Waals surface area (Å²) in [5.74, 6) is -1.37. The summed E-state index contributed by atoms with van der Waals surface area (Å²) in [6.45, 7) is -0.973. The molecule has 0 saturated carbocycles. The van der Waals surface area contributed by atoms with E-state index >= 15 is 0 Å². The first-order valence-electron chi connectivity index (χ1n) is 7.18. The van der Waals surface area contributed by atoms with Crippen molar-refractivity contribution in [1.82, 2.24) is 4.90 Å². The van der Waals surface area contributed by atoms with Crippen LogP contribution in [-0.4, -0.2) is 35.7 Å². The fourth-order valence-corrected chi connectivity index (χ4v) is 2.48. The molecule has 0 spiro atoms. The molecule has 2 N–H and O–H groups in total. The number of hydrogen-bond donors (Lipinski definition) is 1. The highest BCUT2D eigenvalue weighted by Gasteiger charge is 2.47. The average molecular weight is 446 g/mol. The molecule has 0 radical (unpaired) electrons. The molecule has 4 nitrogen and oxygen atoms in total. The highest BCUT2D eigenvalue weighted by Crippen LogP contribution is 2.38. The van der Waals surface area contributed by atoms with Crippen LogP contribution in [0.5, 0.6) is 0 Å². The minimum atomic E-state index is -4.95. The van der Waals surface area contributed by atoms with Gasteiger partial charge in [-0.25, -0.2) is 0 Å². The fourth-order valence-electron chi connectivity index (χ4n) is 2.22. The van der Waals surface area contributed by atoms with Gasteiger partial charge in [0.05, 0.1) is 12.1 Å². The molecule has 26 heavy (non-hydrogen) atoms. The largest absolute Gasteiger partial charge is 0.413 e. The summed E-state index contributed by atoms with van der Waals surface area (Å²) >= 11 is 3.06. The van der Waals surface area contributed by atoms with E-state index in [1.54, 1.807) is 0 Å². The second kappa shape index (κ2) is 8.73. The third-order valence-corrected chi connectivity index (χ3v) is 3.92. The van der Waals surface area contributed by atoms with E-state index in [1.165, 1.54) is 18.2 Å². The smallest absolute Gasteiger partial charge is 0.320 e. The maximum Gasteiger partial charge on any atom is 0.413 e. The lowest BCUT2D eigenvalue weighted by molar-refractivity contribution is -0.191. The second-order valence-corrected chi connectivity index (χ2v) is 6.30. The Kier molecular flexibility index (Phi) is 7.46. The number of nitriles is 1. The van der Waals surface area contributed by atoms with Crippen LogP contribution in [0.3, 0.4) is 0 Å². The van der Waals surface area contributed by atoms with Gasteiger partial charge in [-0.1, -0.05) is 28.1 Å². The Morgan fingerprint density at radius 2 is 1.73 bits per heavy atom. The molecular weight excluding hydrogens is 432 g/mol. The molecule has 144 valence electrons. The van der Waals surface area contributed by atoms with Crippen LogP contribution in [0.4, 0.5) is 26.3 Å². The summed E-state index contributed by atoms with van der Waals surface area (Å²) in [5, 5.41) is 8.79. The number of nitrogens with zero attached hydrogens (tertiary/aromatic N) is 2. The number of rotatable bonds is 6. The van der Waals surface area contributed by atoms with Gasteiger partial charge in [-0.2, -0.15) is 31.6 Å². The Morgan fingerprint density at radius 3 is 2.15 bits per heavy atom. The number of alkyl halides is 6. The van der Waals surface area contributed by atoms with Crippen molar-refractivity contribution in [3.8, 4) is 6.07 Å². The third kappa shape index (κ3) is 6.49. The molecule has 1 aromatic rings. The van der Waals surface area contributed by atoms with Crippen molar-refractivity contribution in [3.63, 3.8) is 0 Å². The number of benzene rings is 1. The van der Waals surface area contributed by atoms with Gasteiger partial charge in [-0.05, 0) is 24.1 Å². The van der Waals surface area contributed by atoms with Crippen molar-refractivity contribution in [2.75, 3.05) is 6.54 Å². The molecule has 1 rings (SSSR count). The SMILES string of the molecule is N#CCN(C(=O)[C@@H](N)CCC(F)(F)F)C(c1ccc(Br)cc1)C(F)(F)F. The van der Waals surface area contributed by atoms with Crippen LogP contribution in [0.2, 0.25) is 0 Å². The standard InChI is InChI=1S/C15H14BrF6N3O/c16-10-3-1-9(2-4-10)12(15(20,21)22)25(8-7-23)13(26)11(24)5-6-14(17,18)19/h1-4,11-12H,5-6,8,24H2/t11-,12?/m0/s1. The van der Waals surface area contributed by atoms with E-state index in [0.717, 1.165) is 12.1 Å². The van der Waals surface area contributed by atoms with E-state index in [1.807, 2.05) is 0 Å². The topological polar surface area (TPSA) is 70.1 Å². The predicted molar refractivity (Wildman–Crippen MR) is 83.5 cm³/mol. The predicted octanol–water partition coefficient (Wildman–Crippen LogP) is 4.07. The molecule has 0 bridgehead atoms. The minimum absolute atomic E-state index is 0.157. The van der Waals surface area contributed by atoms with E-state index in [-0.39, 0.29) is 10.5 Å². The van der Waals surface area contributed by atoms with Crippen LogP contribution in [0, 0.1) is 11.3 Å². The van der Waals surface area contributed by atoms with Gasteiger partial charge in [-0.3, -0.25) is 4.79 Å². The van der Waals surface area contributed by atoms with Crippen molar-refractivity contribution in [1.29, 1.82) is 5.26 Å². The number of hydrogen-bond acceptors (Lipinski definition) is 3. The van der Waals surface area contributed by atoms with E-state index in [4.69, 9.17) is 11.0 Å². The van der Waals surface area contributed by atoms with Crippen LogP contribution in [0.15, 0.2) is 28.7 Å². The number of carbonyl (C=O) groups is 1. The number of halogens is 7. The first kappa shape index (κ1) is 22.2. The lowest BCUT2D eigenvalue weighted by atomic mass is 10.0. The molecule has 0 heterocycles. The molecule has 0 aliphatic heterocycles. The maximum absolute atomic E-state index is 13.5. The summed E-state index contributed by atoms with van der Waals surface area (Å²) in [6, 6.07) is 1.93. The second-order valence-electron chi connectivity index (χ2n) is 5.38. The first-order chi connectivity index (χ1) is 11.9. The Balaban J connectivity index is 3.18. The van der Waals surface area contributed by atoms with Crippen molar-refractivity contribution in [2.24, 2.45) is 5.73 Å². The quantitative estimate of drug-likeness (QED) is 0.529. The van der Waals surface area contributed by atoms with E-state index in [0.29, 0.717) is 4.47 Å². The summed E-state index contributed by atoms with van der Waals surface area (Å²) in [5.41, 5.74) is 5.02. The van der Waals surface area contributed by atoms with Crippen LogP contribution >= 0.6 is 15.9 Å². The molecule has 1 aromatic carbocycles. The normalized spacial score (nSPS) is 14.4. The van der Waals surface area contributed by atoms with Gasteiger partial charge in [0.25, 0.3) is 0 Å². The molecule has 1 unspecified atom stereocenters. The van der Waals surface area contributed by atoms with Gasteiger partial charge in [0.1, 0.15) is 6.54 Å². The summed E-state index contributed by atoms with van der Waals surface area (Å²) in [4.78, 5) is 12.4. The van der Waals surface area contributed by atoms with Crippen molar-refractivity contribution in [3.05, 3.63) is 34.3 Å². The maximum atomic E-state index is 13.5. The van der Waals surface area contributed by atoms with E-state index < -0.39 is 49.7 Å². The fraction of sp³-hybridized carbons (Fsp3) is 0.467. The molecule has 0 aromatic heterocycles. The van der Waals surface area contributed by atoms with Gasteiger partial charge in [0, 0.05) is 10.9 Å². The van der Waals surface area contributed by atoms with Crippen molar-refractivity contribution >= 4 is 21.8 Å². The van der Waals surface area contributed by atoms with Gasteiger partial charge < -0.3 is 10.6 Å². The zero-order chi connectivity index (χ0) is 20.1.